The van der Waals surface area contributed by atoms with Crippen LogP contribution in [0.1, 0.15) is 35.8 Å². The summed E-state index contributed by atoms with van der Waals surface area (Å²) in [4.78, 5) is 16.8. The molecule has 3 aromatic rings. The van der Waals surface area contributed by atoms with Gasteiger partial charge < -0.3 is 9.72 Å². The zero-order chi connectivity index (χ0) is 14.8. The van der Waals surface area contributed by atoms with E-state index < -0.39 is 0 Å². The number of fused-ring (bicyclic) bond motifs is 1. The third-order valence-corrected chi connectivity index (χ3v) is 3.36. The van der Waals surface area contributed by atoms with E-state index in [1.807, 2.05) is 53.2 Å². The van der Waals surface area contributed by atoms with Crippen molar-refractivity contribution in [3.63, 3.8) is 0 Å². The second-order valence-corrected chi connectivity index (χ2v) is 5.32. The molecule has 1 N–H and O–H groups in total. The quantitative estimate of drug-likeness (QED) is 0.794. The lowest BCUT2D eigenvalue weighted by atomic mass is 10.2. The molecule has 4 heteroatoms. The molecule has 0 saturated carbocycles. The fraction of sp³-hybridized carbons (Fsp3) is 0.176. The lowest BCUT2D eigenvalue weighted by molar-refractivity contribution is 0.102. The van der Waals surface area contributed by atoms with Gasteiger partial charge in [-0.05, 0) is 30.2 Å². The van der Waals surface area contributed by atoms with Crippen molar-refractivity contribution in [2.45, 2.75) is 19.8 Å². The highest BCUT2D eigenvalue weighted by molar-refractivity contribution is 6.04. The Labute approximate surface area is 123 Å². The van der Waals surface area contributed by atoms with E-state index in [1.54, 1.807) is 6.07 Å². The zero-order valence-corrected chi connectivity index (χ0v) is 12.1. The smallest absolute Gasteiger partial charge is 0.255 e. The summed E-state index contributed by atoms with van der Waals surface area (Å²) in [5.41, 5.74) is 3.20. The van der Waals surface area contributed by atoms with Crippen molar-refractivity contribution < 1.29 is 4.79 Å². The Morgan fingerprint density at radius 2 is 1.95 bits per heavy atom. The summed E-state index contributed by atoms with van der Waals surface area (Å²) in [6.45, 7) is 4.20. The Balaban J connectivity index is 1.88. The minimum Gasteiger partial charge on any atom is -0.322 e. The van der Waals surface area contributed by atoms with Gasteiger partial charge >= 0.3 is 0 Å². The molecular weight excluding hydrogens is 262 g/mol. The number of pyridine rings is 1. The standard InChI is InChI=1S/C17H17N3O/c1-12(2)15-11-20-9-8-13(10-16(20)19-15)17(21)18-14-6-4-3-5-7-14/h3-12H,1-2H3,(H,18,21). The van der Waals surface area contributed by atoms with E-state index in [2.05, 4.69) is 24.1 Å². The first-order valence-corrected chi connectivity index (χ1v) is 6.98. The van der Waals surface area contributed by atoms with Gasteiger partial charge in [0.25, 0.3) is 5.91 Å². The van der Waals surface area contributed by atoms with Gasteiger partial charge in [-0.25, -0.2) is 4.98 Å². The van der Waals surface area contributed by atoms with Gasteiger partial charge in [-0.2, -0.15) is 0 Å². The largest absolute Gasteiger partial charge is 0.322 e. The molecular formula is C17H17N3O. The number of nitrogens with zero attached hydrogens (tertiary/aromatic N) is 2. The first-order chi connectivity index (χ1) is 10.1. The summed E-state index contributed by atoms with van der Waals surface area (Å²) in [5.74, 6) is 0.240. The maximum absolute atomic E-state index is 12.3. The summed E-state index contributed by atoms with van der Waals surface area (Å²) in [5, 5.41) is 2.88. The van der Waals surface area contributed by atoms with Crippen molar-refractivity contribution in [2.24, 2.45) is 0 Å². The van der Waals surface area contributed by atoms with E-state index in [1.165, 1.54) is 0 Å². The second-order valence-electron chi connectivity index (χ2n) is 5.32. The summed E-state index contributed by atoms with van der Waals surface area (Å²) < 4.78 is 1.94. The number of hydrogen-bond acceptors (Lipinski definition) is 2. The molecule has 0 spiro atoms. The Kier molecular flexibility index (Phi) is 3.44. The Bertz CT molecular complexity index is 775. The van der Waals surface area contributed by atoms with Gasteiger partial charge in [-0.1, -0.05) is 32.0 Å². The molecule has 0 atom stereocenters. The maximum atomic E-state index is 12.3. The van der Waals surface area contributed by atoms with Crippen LogP contribution in [0.15, 0.2) is 54.9 Å². The molecule has 0 bridgehead atoms. The van der Waals surface area contributed by atoms with Crippen LogP contribution in [0.4, 0.5) is 5.69 Å². The number of rotatable bonds is 3. The van der Waals surface area contributed by atoms with E-state index in [-0.39, 0.29) is 5.91 Å². The fourth-order valence-electron chi connectivity index (χ4n) is 2.15. The van der Waals surface area contributed by atoms with Crippen LogP contribution in [0.2, 0.25) is 0 Å². The third-order valence-electron chi connectivity index (χ3n) is 3.36. The molecule has 0 aliphatic heterocycles. The average molecular weight is 279 g/mol. The molecule has 106 valence electrons. The van der Waals surface area contributed by atoms with E-state index in [0.29, 0.717) is 11.5 Å². The predicted octanol–water partition coefficient (Wildman–Crippen LogP) is 3.71. The molecule has 2 aromatic heterocycles. The number of amides is 1. The van der Waals surface area contributed by atoms with Crippen molar-refractivity contribution in [1.82, 2.24) is 9.38 Å². The molecule has 0 fully saturated rings. The molecule has 1 amide bonds. The van der Waals surface area contributed by atoms with Crippen LogP contribution in [-0.2, 0) is 0 Å². The highest BCUT2D eigenvalue weighted by Gasteiger charge is 2.10. The number of nitrogens with one attached hydrogen (secondary N) is 1. The van der Waals surface area contributed by atoms with Gasteiger partial charge in [0.1, 0.15) is 5.65 Å². The van der Waals surface area contributed by atoms with Gasteiger partial charge in [0, 0.05) is 23.6 Å². The van der Waals surface area contributed by atoms with Crippen LogP contribution >= 0.6 is 0 Å². The highest BCUT2D eigenvalue weighted by atomic mass is 16.1. The first kappa shape index (κ1) is 13.4. The van der Waals surface area contributed by atoms with Gasteiger partial charge in [0.2, 0.25) is 0 Å². The van der Waals surface area contributed by atoms with E-state index in [9.17, 15) is 4.79 Å². The SMILES string of the molecule is CC(C)c1cn2ccc(C(=O)Nc3ccccc3)cc2n1. The van der Waals surface area contributed by atoms with Crippen LogP contribution in [0, 0.1) is 0 Å². The van der Waals surface area contributed by atoms with Crippen LogP contribution < -0.4 is 5.32 Å². The number of para-hydroxylation sites is 1. The number of benzene rings is 1. The van der Waals surface area contributed by atoms with E-state index in [4.69, 9.17) is 0 Å². The van der Waals surface area contributed by atoms with Gasteiger partial charge in [-0.15, -0.1) is 0 Å². The number of carbonyl (C=O) groups is 1. The molecule has 0 saturated heterocycles. The molecule has 0 aliphatic rings. The third kappa shape index (κ3) is 2.79. The summed E-state index contributed by atoms with van der Waals surface area (Å²) in [6.07, 6.45) is 3.87. The molecule has 2 heterocycles. The fourth-order valence-corrected chi connectivity index (χ4v) is 2.15. The first-order valence-electron chi connectivity index (χ1n) is 6.98. The van der Waals surface area contributed by atoms with Crippen molar-refractivity contribution in [3.8, 4) is 0 Å². The van der Waals surface area contributed by atoms with Gasteiger partial charge in [0.05, 0.1) is 5.69 Å². The number of aromatic nitrogens is 2. The molecule has 0 aliphatic carbocycles. The van der Waals surface area contributed by atoms with Gasteiger partial charge in [-0.3, -0.25) is 4.79 Å². The lowest BCUT2D eigenvalue weighted by Gasteiger charge is -2.05. The zero-order valence-electron chi connectivity index (χ0n) is 12.1. The molecule has 21 heavy (non-hydrogen) atoms. The van der Waals surface area contributed by atoms with Crippen LogP contribution in [0.3, 0.4) is 0 Å². The Morgan fingerprint density at radius 3 is 2.67 bits per heavy atom. The Hall–Kier alpha value is -2.62. The summed E-state index contributed by atoms with van der Waals surface area (Å²) in [6, 6.07) is 13.0. The monoisotopic (exact) mass is 279 g/mol. The highest BCUT2D eigenvalue weighted by Crippen LogP contribution is 2.16. The van der Waals surface area contributed by atoms with Crippen molar-refractivity contribution >= 4 is 17.2 Å². The molecule has 4 nitrogen and oxygen atoms in total. The molecule has 3 rings (SSSR count). The molecule has 0 radical (unpaired) electrons. The van der Waals surface area contributed by atoms with Crippen LogP contribution in [-0.4, -0.2) is 15.3 Å². The Morgan fingerprint density at radius 1 is 1.19 bits per heavy atom. The number of carbonyl (C=O) groups excluding carboxylic acids is 1. The predicted molar refractivity (Wildman–Crippen MR) is 83.7 cm³/mol. The normalized spacial score (nSPS) is 11.0. The van der Waals surface area contributed by atoms with Crippen LogP contribution in [0.25, 0.3) is 5.65 Å². The maximum Gasteiger partial charge on any atom is 0.255 e. The summed E-state index contributed by atoms with van der Waals surface area (Å²) in [7, 11) is 0. The average Bonchev–Trinajstić information content (AvgIpc) is 2.91. The van der Waals surface area contributed by atoms with Crippen molar-refractivity contribution in [2.75, 3.05) is 5.32 Å². The number of anilines is 1. The van der Waals surface area contributed by atoms with Crippen molar-refractivity contribution in [1.29, 1.82) is 0 Å². The number of imidazole rings is 1. The second kappa shape index (κ2) is 5.40. The number of hydrogen-bond donors (Lipinski definition) is 1. The molecule has 0 unspecified atom stereocenters. The minimum atomic E-state index is -0.127. The molecule has 1 aromatic carbocycles. The topological polar surface area (TPSA) is 46.4 Å². The van der Waals surface area contributed by atoms with Crippen molar-refractivity contribution in [3.05, 3.63) is 66.1 Å². The van der Waals surface area contributed by atoms with Gasteiger partial charge in [0.15, 0.2) is 0 Å². The van der Waals surface area contributed by atoms with Crippen LogP contribution in [0.5, 0.6) is 0 Å². The summed E-state index contributed by atoms with van der Waals surface area (Å²) >= 11 is 0. The van der Waals surface area contributed by atoms with E-state index in [0.717, 1.165) is 17.0 Å². The minimum absolute atomic E-state index is 0.127. The van der Waals surface area contributed by atoms with E-state index >= 15 is 0 Å². The lowest BCUT2D eigenvalue weighted by Crippen LogP contribution is -2.12.